The second-order valence-electron chi connectivity index (χ2n) is 3.47. The van der Waals surface area contributed by atoms with Crippen molar-refractivity contribution < 1.29 is 5.11 Å². The molecule has 0 amide bonds. The first-order valence-corrected chi connectivity index (χ1v) is 4.35. The molecule has 1 aliphatic carbocycles. The lowest BCUT2D eigenvalue weighted by atomic mass is 9.92. The molecule has 1 rings (SSSR count). The molecule has 0 aromatic carbocycles. The molecule has 0 aromatic rings. The Kier molecular flexibility index (Phi) is 2.87. The normalized spacial score (nSPS) is 23.2. The molecule has 0 radical (unpaired) electrons. The molecule has 1 fully saturated rings. The fourth-order valence-electron chi connectivity index (χ4n) is 1.50. The lowest BCUT2D eigenvalue weighted by Gasteiger charge is -2.25. The molecule has 0 aliphatic heterocycles. The molecule has 1 aliphatic rings. The van der Waals surface area contributed by atoms with E-state index in [0.29, 0.717) is 19.0 Å². The Labute approximate surface area is 67.8 Å². The van der Waals surface area contributed by atoms with Crippen molar-refractivity contribution in [2.75, 3.05) is 13.1 Å². The lowest BCUT2D eigenvalue weighted by Crippen LogP contribution is -2.40. The van der Waals surface area contributed by atoms with E-state index in [4.69, 9.17) is 11.5 Å². The van der Waals surface area contributed by atoms with Crippen LogP contribution in [-0.2, 0) is 0 Å². The largest absolute Gasteiger partial charge is 0.388 e. The molecule has 5 N–H and O–H groups in total. The predicted molar refractivity (Wildman–Crippen MR) is 45.0 cm³/mol. The van der Waals surface area contributed by atoms with E-state index in [1.54, 1.807) is 0 Å². The van der Waals surface area contributed by atoms with E-state index >= 15 is 0 Å². The third-order valence-electron chi connectivity index (χ3n) is 2.50. The van der Waals surface area contributed by atoms with Gasteiger partial charge in [-0.1, -0.05) is 0 Å². The molecular weight excluding hydrogens is 140 g/mol. The van der Waals surface area contributed by atoms with Crippen molar-refractivity contribution in [3.05, 3.63) is 0 Å². The summed E-state index contributed by atoms with van der Waals surface area (Å²) in [6.07, 6.45) is 3.92. The number of aliphatic hydroxyl groups is 1. The average molecular weight is 158 g/mol. The van der Waals surface area contributed by atoms with Crippen LogP contribution >= 0.6 is 0 Å². The number of hydrogen-bond donors (Lipinski definition) is 3. The second-order valence-corrected chi connectivity index (χ2v) is 3.47. The third-order valence-corrected chi connectivity index (χ3v) is 2.50. The Balaban J connectivity index is 2.31. The second kappa shape index (κ2) is 3.52. The summed E-state index contributed by atoms with van der Waals surface area (Å²) in [5, 5.41) is 9.91. The van der Waals surface area contributed by atoms with Crippen LogP contribution in [0.1, 0.15) is 25.7 Å². The first kappa shape index (κ1) is 8.97. The maximum Gasteiger partial charge on any atom is 0.0797 e. The van der Waals surface area contributed by atoms with Crippen LogP contribution in [0.25, 0.3) is 0 Å². The smallest absolute Gasteiger partial charge is 0.0797 e. The number of hydrogen-bond acceptors (Lipinski definition) is 3. The van der Waals surface area contributed by atoms with E-state index in [2.05, 4.69) is 0 Å². The van der Waals surface area contributed by atoms with Crippen LogP contribution in [0.5, 0.6) is 0 Å². The molecule has 0 spiro atoms. The molecular formula is C8H18N2O. The van der Waals surface area contributed by atoms with E-state index in [9.17, 15) is 5.11 Å². The van der Waals surface area contributed by atoms with Gasteiger partial charge >= 0.3 is 0 Å². The minimum atomic E-state index is -0.598. The van der Waals surface area contributed by atoms with Crippen molar-refractivity contribution in [2.24, 2.45) is 17.4 Å². The van der Waals surface area contributed by atoms with Crippen LogP contribution in [0.4, 0.5) is 0 Å². The summed E-state index contributed by atoms with van der Waals surface area (Å²) in [6.45, 7) is 1.03. The lowest BCUT2D eigenvalue weighted by molar-refractivity contribution is 0.0166. The van der Waals surface area contributed by atoms with Crippen molar-refractivity contribution in [3.63, 3.8) is 0 Å². The maximum absolute atomic E-state index is 9.91. The molecule has 0 aromatic heterocycles. The first-order valence-electron chi connectivity index (χ1n) is 4.35. The van der Waals surface area contributed by atoms with Gasteiger partial charge in [0, 0.05) is 6.54 Å². The van der Waals surface area contributed by atoms with Gasteiger partial charge in [0.05, 0.1) is 5.60 Å². The number of nitrogens with two attached hydrogens (primary N) is 2. The minimum Gasteiger partial charge on any atom is -0.388 e. The fraction of sp³-hybridized carbons (Fsp3) is 1.00. The van der Waals surface area contributed by atoms with Crippen LogP contribution in [0, 0.1) is 5.92 Å². The van der Waals surface area contributed by atoms with Gasteiger partial charge in [-0.15, -0.1) is 0 Å². The van der Waals surface area contributed by atoms with Gasteiger partial charge in [-0.25, -0.2) is 0 Å². The molecule has 3 nitrogen and oxygen atoms in total. The predicted octanol–water partition coefficient (Wildman–Crippen LogP) is -0.175. The van der Waals surface area contributed by atoms with Crippen molar-refractivity contribution in [1.82, 2.24) is 0 Å². The van der Waals surface area contributed by atoms with Crippen LogP contribution < -0.4 is 11.5 Å². The van der Waals surface area contributed by atoms with Gasteiger partial charge in [-0.05, 0) is 38.1 Å². The van der Waals surface area contributed by atoms with Crippen molar-refractivity contribution in [2.45, 2.75) is 31.3 Å². The maximum atomic E-state index is 9.91. The minimum absolute atomic E-state index is 0.387. The van der Waals surface area contributed by atoms with Gasteiger partial charge in [0.2, 0.25) is 0 Å². The molecule has 0 saturated heterocycles. The van der Waals surface area contributed by atoms with E-state index < -0.39 is 5.60 Å². The highest BCUT2D eigenvalue weighted by Gasteiger charge is 2.41. The zero-order chi connectivity index (χ0) is 8.32. The van der Waals surface area contributed by atoms with Gasteiger partial charge in [0.15, 0.2) is 0 Å². The van der Waals surface area contributed by atoms with Gasteiger partial charge < -0.3 is 16.6 Å². The molecule has 1 unspecified atom stereocenters. The Morgan fingerprint density at radius 2 is 2.00 bits per heavy atom. The molecule has 0 bridgehead atoms. The fourth-order valence-corrected chi connectivity index (χ4v) is 1.50. The summed E-state index contributed by atoms with van der Waals surface area (Å²) in [5.41, 5.74) is 10.3. The molecule has 3 heteroatoms. The monoisotopic (exact) mass is 158 g/mol. The molecule has 0 heterocycles. The van der Waals surface area contributed by atoms with Crippen LogP contribution in [0.2, 0.25) is 0 Å². The van der Waals surface area contributed by atoms with E-state index in [1.165, 1.54) is 0 Å². The summed E-state index contributed by atoms with van der Waals surface area (Å²) < 4.78 is 0. The zero-order valence-corrected chi connectivity index (χ0v) is 6.92. The summed E-state index contributed by atoms with van der Waals surface area (Å²) in [6, 6.07) is 0. The molecule has 1 atom stereocenters. The highest BCUT2D eigenvalue weighted by Crippen LogP contribution is 2.41. The number of rotatable bonds is 5. The van der Waals surface area contributed by atoms with Crippen LogP contribution in [-0.4, -0.2) is 23.8 Å². The van der Waals surface area contributed by atoms with Gasteiger partial charge in [-0.2, -0.15) is 0 Å². The van der Waals surface area contributed by atoms with Gasteiger partial charge in [-0.3, -0.25) is 0 Å². The summed E-state index contributed by atoms with van der Waals surface area (Å²) in [7, 11) is 0. The highest BCUT2D eigenvalue weighted by molar-refractivity contribution is 4.95. The van der Waals surface area contributed by atoms with Crippen LogP contribution in [0.3, 0.4) is 0 Å². The Hall–Kier alpha value is -0.120. The quantitative estimate of drug-likeness (QED) is 0.520. The topological polar surface area (TPSA) is 72.3 Å². The standard InChI is InChI=1S/C8H18N2O/c9-5-1-4-8(11,6-10)7-2-3-7/h7,11H,1-6,9-10H2. The Bertz CT molecular complexity index is 125. The SMILES string of the molecule is NCCCC(O)(CN)C1CC1. The first-order chi connectivity index (χ1) is 5.23. The van der Waals surface area contributed by atoms with Crippen molar-refractivity contribution in [3.8, 4) is 0 Å². The van der Waals surface area contributed by atoms with Crippen molar-refractivity contribution in [1.29, 1.82) is 0 Å². The van der Waals surface area contributed by atoms with Gasteiger partial charge in [0.25, 0.3) is 0 Å². The highest BCUT2D eigenvalue weighted by atomic mass is 16.3. The van der Waals surface area contributed by atoms with Gasteiger partial charge in [0.1, 0.15) is 0 Å². The Morgan fingerprint density at radius 3 is 2.36 bits per heavy atom. The van der Waals surface area contributed by atoms with Crippen molar-refractivity contribution >= 4 is 0 Å². The van der Waals surface area contributed by atoms with E-state index in [-0.39, 0.29) is 0 Å². The summed E-state index contributed by atoms with van der Waals surface area (Å²) >= 11 is 0. The summed E-state index contributed by atoms with van der Waals surface area (Å²) in [5.74, 6) is 0.457. The summed E-state index contributed by atoms with van der Waals surface area (Å²) in [4.78, 5) is 0. The van der Waals surface area contributed by atoms with E-state index in [0.717, 1.165) is 25.7 Å². The average Bonchev–Trinajstić information content (AvgIpc) is 2.82. The molecule has 11 heavy (non-hydrogen) atoms. The van der Waals surface area contributed by atoms with E-state index in [1.807, 2.05) is 0 Å². The third kappa shape index (κ3) is 2.15. The molecule has 66 valence electrons. The Morgan fingerprint density at radius 1 is 1.36 bits per heavy atom. The zero-order valence-electron chi connectivity index (χ0n) is 6.92. The van der Waals surface area contributed by atoms with Crippen LogP contribution in [0.15, 0.2) is 0 Å². The molecule has 1 saturated carbocycles.